The summed E-state index contributed by atoms with van der Waals surface area (Å²) in [6, 6.07) is 3.80. The maximum atomic E-state index is 12.2. The lowest BCUT2D eigenvalue weighted by molar-refractivity contribution is -0.118. The number of pyridine rings is 1. The average molecular weight is 323 g/mol. The van der Waals surface area contributed by atoms with Gasteiger partial charge >= 0.3 is 0 Å². The molecule has 2 heterocycles. The van der Waals surface area contributed by atoms with Crippen LogP contribution in [0.5, 0.6) is 0 Å². The fourth-order valence-corrected chi connectivity index (χ4v) is 3.28. The first-order chi connectivity index (χ1) is 10.1. The molecule has 7 heteroatoms. The summed E-state index contributed by atoms with van der Waals surface area (Å²) in [7, 11) is -0.954. The van der Waals surface area contributed by atoms with Gasteiger partial charge in [0, 0.05) is 53.7 Å². The predicted molar refractivity (Wildman–Crippen MR) is 86.9 cm³/mol. The Kier molecular flexibility index (Phi) is 5.58. The van der Waals surface area contributed by atoms with Crippen molar-refractivity contribution in [1.29, 1.82) is 0 Å². The maximum Gasteiger partial charge on any atom is 0.228 e. The van der Waals surface area contributed by atoms with Crippen LogP contribution in [0.25, 0.3) is 10.6 Å². The lowest BCUT2D eigenvalue weighted by Crippen LogP contribution is -2.30. The highest BCUT2D eigenvalue weighted by molar-refractivity contribution is 7.84. The fourth-order valence-electron chi connectivity index (χ4n) is 1.83. The highest BCUT2D eigenvalue weighted by atomic mass is 32.2. The van der Waals surface area contributed by atoms with Crippen LogP contribution in [0.1, 0.15) is 13.3 Å². The summed E-state index contributed by atoms with van der Waals surface area (Å²) in [5.41, 5.74) is 0.937. The summed E-state index contributed by atoms with van der Waals surface area (Å²) in [5, 5.41) is 1.65. The van der Waals surface area contributed by atoms with Gasteiger partial charge in [0.05, 0.1) is 6.20 Å². The smallest absolute Gasteiger partial charge is 0.228 e. The van der Waals surface area contributed by atoms with Gasteiger partial charge in [-0.1, -0.05) is 11.3 Å². The van der Waals surface area contributed by atoms with Gasteiger partial charge in [-0.25, -0.2) is 4.98 Å². The van der Waals surface area contributed by atoms with Crippen LogP contribution in [0.4, 0.5) is 5.00 Å². The number of anilines is 1. The Hall–Kier alpha value is -1.60. The van der Waals surface area contributed by atoms with Crippen LogP contribution in [-0.4, -0.2) is 38.6 Å². The molecule has 0 saturated heterocycles. The van der Waals surface area contributed by atoms with Crippen molar-refractivity contribution in [2.24, 2.45) is 0 Å². The van der Waals surface area contributed by atoms with E-state index in [1.807, 2.05) is 19.1 Å². The Bertz CT molecular complexity index is 628. The van der Waals surface area contributed by atoms with Crippen molar-refractivity contribution in [3.63, 3.8) is 0 Å². The lowest BCUT2D eigenvalue weighted by atomic mass is 10.3. The number of carbonyl (C=O) groups excluding carboxylic acids is 1. The van der Waals surface area contributed by atoms with Gasteiger partial charge in [-0.2, -0.15) is 0 Å². The van der Waals surface area contributed by atoms with Gasteiger partial charge in [-0.3, -0.25) is 14.0 Å². The summed E-state index contributed by atoms with van der Waals surface area (Å²) < 4.78 is 11.1. The zero-order chi connectivity index (χ0) is 15.2. The molecule has 0 saturated carbocycles. The van der Waals surface area contributed by atoms with Crippen LogP contribution in [0, 0.1) is 0 Å². The number of nitrogens with zero attached hydrogens (tertiary/aromatic N) is 3. The Labute approximate surface area is 130 Å². The number of rotatable bonds is 6. The molecule has 1 unspecified atom stereocenters. The average Bonchev–Trinajstić information content (AvgIpc) is 2.96. The third kappa shape index (κ3) is 4.18. The lowest BCUT2D eigenvalue weighted by Gasteiger charge is -2.18. The SMILES string of the molecule is CCN(C(=O)CCS(C)=O)c1cnc(-c2cccnc2)s1. The third-order valence-electron chi connectivity index (χ3n) is 2.89. The molecule has 21 heavy (non-hydrogen) atoms. The molecular weight excluding hydrogens is 306 g/mol. The van der Waals surface area contributed by atoms with Gasteiger partial charge in [0.1, 0.15) is 10.0 Å². The topological polar surface area (TPSA) is 63.2 Å². The van der Waals surface area contributed by atoms with Crippen LogP contribution in [0.3, 0.4) is 0 Å². The van der Waals surface area contributed by atoms with E-state index in [2.05, 4.69) is 9.97 Å². The quantitative estimate of drug-likeness (QED) is 0.818. The molecule has 0 fully saturated rings. The monoisotopic (exact) mass is 323 g/mol. The largest absolute Gasteiger partial charge is 0.303 e. The first-order valence-corrected chi connectivity index (χ1v) is 9.12. The highest BCUT2D eigenvalue weighted by Crippen LogP contribution is 2.30. The molecule has 1 atom stereocenters. The van der Waals surface area contributed by atoms with E-state index >= 15 is 0 Å². The van der Waals surface area contributed by atoms with Crippen LogP contribution >= 0.6 is 11.3 Å². The van der Waals surface area contributed by atoms with E-state index in [1.54, 1.807) is 29.7 Å². The number of aromatic nitrogens is 2. The molecule has 5 nitrogen and oxygen atoms in total. The van der Waals surface area contributed by atoms with E-state index in [-0.39, 0.29) is 12.3 Å². The Morgan fingerprint density at radius 1 is 1.43 bits per heavy atom. The number of thiazole rings is 1. The van der Waals surface area contributed by atoms with E-state index in [4.69, 9.17) is 0 Å². The van der Waals surface area contributed by atoms with Crippen molar-refractivity contribution < 1.29 is 9.00 Å². The normalized spacial score (nSPS) is 12.1. The van der Waals surface area contributed by atoms with Gasteiger partial charge in [-0.05, 0) is 19.1 Å². The van der Waals surface area contributed by atoms with Crippen molar-refractivity contribution in [3.8, 4) is 10.6 Å². The number of hydrogen-bond acceptors (Lipinski definition) is 5. The second-order valence-corrected chi connectivity index (χ2v) is 6.97. The van der Waals surface area contributed by atoms with Crippen molar-refractivity contribution in [1.82, 2.24) is 9.97 Å². The third-order valence-corrected chi connectivity index (χ3v) is 4.74. The minimum atomic E-state index is -0.954. The molecule has 0 spiro atoms. The van der Waals surface area contributed by atoms with Gasteiger partial charge < -0.3 is 4.90 Å². The molecule has 0 aliphatic carbocycles. The highest BCUT2D eigenvalue weighted by Gasteiger charge is 2.17. The molecule has 112 valence electrons. The van der Waals surface area contributed by atoms with Gasteiger partial charge in [-0.15, -0.1) is 0 Å². The molecule has 0 aliphatic rings. The zero-order valence-corrected chi connectivity index (χ0v) is 13.6. The minimum Gasteiger partial charge on any atom is -0.303 e. The summed E-state index contributed by atoms with van der Waals surface area (Å²) >= 11 is 1.46. The van der Waals surface area contributed by atoms with Gasteiger partial charge in [0.2, 0.25) is 5.91 Å². The summed E-state index contributed by atoms with van der Waals surface area (Å²) in [4.78, 5) is 22.3. The molecule has 2 aromatic rings. The molecule has 0 N–H and O–H groups in total. The molecular formula is C14H17N3O2S2. The Balaban J connectivity index is 2.14. The second kappa shape index (κ2) is 7.42. The molecule has 2 aromatic heterocycles. The molecule has 0 bridgehead atoms. The second-order valence-electron chi connectivity index (χ2n) is 4.41. The van der Waals surface area contributed by atoms with Crippen LogP contribution in [-0.2, 0) is 15.6 Å². The molecule has 1 amide bonds. The van der Waals surface area contributed by atoms with E-state index in [0.29, 0.717) is 12.3 Å². The summed E-state index contributed by atoms with van der Waals surface area (Å²) in [5.74, 6) is 0.373. The maximum absolute atomic E-state index is 12.2. The van der Waals surface area contributed by atoms with Crippen molar-refractivity contribution >= 4 is 33.0 Å². The van der Waals surface area contributed by atoms with Crippen LogP contribution in [0.2, 0.25) is 0 Å². The van der Waals surface area contributed by atoms with Crippen LogP contribution < -0.4 is 4.90 Å². The Morgan fingerprint density at radius 2 is 2.24 bits per heavy atom. The fraction of sp³-hybridized carbons (Fsp3) is 0.357. The number of amides is 1. The molecule has 2 rings (SSSR count). The van der Waals surface area contributed by atoms with Crippen molar-refractivity contribution in [3.05, 3.63) is 30.7 Å². The van der Waals surface area contributed by atoms with Crippen molar-refractivity contribution in [2.75, 3.05) is 23.5 Å². The Morgan fingerprint density at radius 3 is 2.86 bits per heavy atom. The van der Waals surface area contributed by atoms with E-state index in [0.717, 1.165) is 15.6 Å². The van der Waals surface area contributed by atoms with E-state index < -0.39 is 10.8 Å². The van der Waals surface area contributed by atoms with Gasteiger partial charge in [0.15, 0.2) is 0 Å². The molecule has 0 radical (unpaired) electrons. The van der Waals surface area contributed by atoms with E-state index in [9.17, 15) is 9.00 Å². The first kappa shape index (κ1) is 15.8. The van der Waals surface area contributed by atoms with Crippen molar-refractivity contribution in [2.45, 2.75) is 13.3 Å². The minimum absolute atomic E-state index is 0.0194. The number of carbonyl (C=O) groups is 1. The molecule has 0 aliphatic heterocycles. The standard InChI is InChI=1S/C14H17N3O2S2/c1-3-17(12(18)6-8-21(2)19)13-10-16-14(20-13)11-5-4-7-15-9-11/h4-5,7,9-10H,3,6,8H2,1-2H3. The predicted octanol–water partition coefficient (Wildman–Crippen LogP) is 2.33. The molecule has 0 aromatic carbocycles. The summed E-state index contributed by atoms with van der Waals surface area (Å²) in [6.45, 7) is 2.49. The zero-order valence-electron chi connectivity index (χ0n) is 12.0. The van der Waals surface area contributed by atoms with Gasteiger partial charge in [0.25, 0.3) is 0 Å². The number of hydrogen-bond donors (Lipinski definition) is 0. The summed E-state index contributed by atoms with van der Waals surface area (Å²) in [6.07, 6.45) is 7.07. The van der Waals surface area contributed by atoms with E-state index in [1.165, 1.54) is 11.3 Å². The first-order valence-electron chi connectivity index (χ1n) is 6.58. The van der Waals surface area contributed by atoms with Crippen LogP contribution in [0.15, 0.2) is 30.7 Å².